The van der Waals surface area contributed by atoms with Crippen LogP contribution in [0.3, 0.4) is 0 Å². The van der Waals surface area contributed by atoms with Gasteiger partial charge in [0.15, 0.2) is 0 Å². The summed E-state index contributed by atoms with van der Waals surface area (Å²) < 4.78 is 0. The Labute approximate surface area is 168 Å². The molecule has 0 radical (unpaired) electrons. The van der Waals surface area contributed by atoms with Crippen LogP contribution in [0.25, 0.3) is 0 Å². The second-order valence-corrected chi connectivity index (χ2v) is 7.31. The van der Waals surface area contributed by atoms with Crippen LogP contribution in [-0.2, 0) is 0 Å². The van der Waals surface area contributed by atoms with E-state index in [4.69, 9.17) is 0 Å². The number of aromatic nitrogens is 2. The van der Waals surface area contributed by atoms with Gasteiger partial charge in [-0.2, -0.15) is 0 Å². The molecular weight excluding hydrogens is 350 g/mol. The number of nitrogens with one attached hydrogen (secondary N) is 1. The van der Waals surface area contributed by atoms with Gasteiger partial charge in [-0.15, -0.1) is 0 Å². The van der Waals surface area contributed by atoms with Crippen LogP contribution < -0.4 is 15.1 Å². The van der Waals surface area contributed by atoms with Gasteiger partial charge >= 0.3 is 0 Å². The molecule has 0 atom stereocenters. The summed E-state index contributed by atoms with van der Waals surface area (Å²) in [5.41, 5.74) is 2.47. The van der Waals surface area contributed by atoms with Gasteiger partial charge in [-0.25, -0.2) is 9.97 Å². The monoisotopic (exact) mass is 381 g/mol. The lowest BCUT2D eigenvalue weighted by Gasteiger charge is -2.28. The summed E-state index contributed by atoms with van der Waals surface area (Å²) in [6, 6.07) is 8.07. The number of hydrogen-bond acceptors (Lipinski definition) is 5. The van der Waals surface area contributed by atoms with Gasteiger partial charge in [0.1, 0.15) is 0 Å². The number of carbonyl (C=O) groups is 1. The molecule has 28 heavy (non-hydrogen) atoms. The maximum absolute atomic E-state index is 12.5. The summed E-state index contributed by atoms with van der Waals surface area (Å²) >= 11 is 0. The Morgan fingerprint density at radius 3 is 2.18 bits per heavy atom. The van der Waals surface area contributed by atoms with Crippen molar-refractivity contribution >= 4 is 23.2 Å². The van der Waals surface area contributed by atoms with Crippen LogP contribution in [0.2, 0.25) is 0 Å². The molecule has 0 bridgehead atoms. The third kappa shape index (κ3) is 5.21. The fourth-order valence-corrected chi connectivity index (χ4v) is 3.56. The topological polar surface area (TPSA) is 61.4 Å². The zero-order chi connectivity index (χ0) is 19.8. The number of amides is 1. The zero-order valence-corrected chi connectivity index (χ0v) is 17.0. The predicted molar refractivity (Wildman–Crippen MR) is 115 cm³/mol. The molecule has 1 aliphatic rings. The molecule has 0 aliphatic carbocycles. The SMILES string of the molecule is CCCN(CCC)c1ncc(C(=O)Nc2ccc(N3CCCCC3)cc2)cn1. The summed E-state index contributed by atoms with van der Waals surface area (Å²) in [6.45, 7) is 8.35. The van der Waals surface area contributed by atoms with Crippen molar-refractivity contribution in [3.63, 3.8) is 0 Å². The smallest absolute Gasteiger partial charge is 0.258 e. The number of benzene rings is 1. The van der Waals surface area contributed by atoms with E-state index in [1.165, 1.54) is 24.9 Å². The average Bonchev–Trinajstić information content (AvgIpc) is 2.75. The van der Waals surface area contributed by atoms with E-state index < -0.39 is 0 Å². The Kier molecular flexibility index (Phi) is 7.23. The molecule has 3 rings (SSSR count). The number of anilines is 3. The predicted octanol–water partition coefficient (Wildman–Crippen LogP) is 4.35. The van der Waals surface area contributed by atoms with Gasteiger partial charge in [0.05, 0.1) is 5.56 Å². The molecule has 150 valence electrons. The minimum absolute atomic E-state index is 0.185. The summed E-state index contributed by atoms with van der Waals surface area (Å²) in [4.78, 5) is 25.9. The van der Waals surface area contributed by atoms with Gasteiger partial charge in [-0.3, -0.25) is 4.79 Å². The first-order valence-corrected chi connectivity index (χ1v) is 10.4. The first-order valence-electron chi connectivity index (χ1n) is 10.4. The van der Waals surface area contributed by atoms with Gasteiger partial charge in [-0.05, 0) is 56.4 Å². The number of hydrogen-bond donors (Lipinski definition) is 1. The summed E-state index contributed by atoms with van der Waals surface area (Å²) in [7, 11) is 0. The van der Waals surface area contributed by atoms with E-state index in [0.717, 1.165) is 44.7 Å². The summed E-state index contributed by atoms with van der Waals surface area (Å²) in [6.07, 6.45) is 9.12. The standard InChI is InChI=1S/C22H31N5O/c1-3-12-27(13-4-2)22-23-16-18(17-24-22)21(28)25-19-8-10-20(11-9-19)26-14-6-5-7-15-26/h8-11,16-17H,3-7,12-15H2,1-2H3,(H,25,28). The average molecular weight is 382 g/mol. The minimum atomic E-state index is -0.185. The van der Waals surface area contributed by atoms with Crippen molar-refractivity contribution in [2.24, 2.45) is 0 Å². The van der Waals surface area contributed by atoms with Gasteiger partial charge in [0, 0.05) is 49.9 Å². The van der Waals surface area contributed by atoms with Gasteiger partial charge in [-0.1, -0.05) is 13.8 Å². The van der Waals surface area contributed by atoms with Crippen molar-refractivity contribution < 1.29 is 4.79 Å². The van der Waals surface area contributed by atoms with E-state index in [2.05, 4.69) is 51.1 Å². The second-order valence-electron chi connectivity index (χ2n) is 7.31. The van der Waals surface area contributed by atoms with E-state index in [1.807, 2.05) is 12.1 Å². The molecule has 2 heterocycles. The van der Waals surface area contributed by atoms with Crippen molar-refractivity contribution in [3.8, 4) is 0 Å². The number of piperidine rings is 1. The van der Waals surface area contributed by atoms with Crippen LogP contribution in [-0.4, -0.2) is 42.1 Å². The molecule has 1 fully saturated rings. The van der Waals surface area contributed by atoms with Crippen LogP contribution in [0.4, 0.5) is 17.3 Å². The lowest BCUT2D eigenvalue weighted by atomic mass is 10.1. The van der Waals surface area contributed by atoms with Crippen molar-refractivity contribution in [1.82, 2.24) is 9.97 Å². The fourth-order valence-electron chi connectivity index (χ4n) is 3.56. The summed E-state index contributed by atoms with van der Waals surface area (Å²) in [5, 5.41) is 2.94. The molecule has 1 N–H and O–H groups in total. The van der Waals surface area contributed by atoms with Crippen LogP contribution >= 0.6 is 0 Å². The molecule has 0 unspecified atom stereocenters. The highest BCUT2D eigenvalue weighted by Gasteiger charge is 2.13. The molecule has 1 saturated heterocycles. The Hall–Kier alpha value is -2.63. The van der Waals surface area contributed by atoms with Crippen molar-refractivity contribution in [2.75, 3.05) is 41.3 Å². The maximum Gasteiger partial charge on any atom is 0.258 e. The summed E-state index contributed by atoms with van der Waals surface area (Å²) in [5.74, 6) is 0.501. The zero-order valence-electron chi connectivity index (χ0n) is 17.0. The lowest BCUT2D eigenvalue weighted by molar-refractivity contribution is 0.102. The molecule has 1 aromatic heterocycles. The number of nitrogens with zero attached hydrogens (tertiary/aromatic N) is 4. The largest absolute Gasteiger partial charge is 0.372 e. The van der Waals surface area contributed by atoms with Crippen LogP contribution in [0.5, 0.6) is 0 Å². The molecule has 2 aromatic rings. The minimum Gasteiger partial charge on any atom is -0.372 e. The Morgan fingerprint density at radius 1 is 1.00 bits per heavy atom. The first-order chi connectivity index (χ1) is 13.7. The number of rotatable bonds is 8. The molecule has 0 saturated carbocycles. The van der Waals surface area contributed by atoms with E-state index in [9.17, 15) is 4.79 Å². The highest BCUT2D eigenvalue weighted by atomic mass is 16.1. The van der Waals surface area contributed by atoms with E-state index in [0.29, 0.717) is 11.5 Å². The van der Waals surface area contributed by atoms with E-state index in [-0.39, 0.29) is 5.91 Å². The first kappa shape index (κ1) is 20.1. The van der Waals surface area contributed by atoms with Crippen molar-refractivity contribution in [1.29, 1.82) is 0 Å². The van der Waals surface area contributed by atoms with Crippen LogP contribution in [0.15, 0.2) is 36.7 Å². The van der Waals surface area contributed by atoms with Gasteiger partial charge < -0.3 is 15.1 Å². The van der Waals surface area contributed by atoms with Gasteiger partial charge in [0.25, 0.3) is 5.91 Å². The molecular formula is C22H31N5O. The quantitative estimate of drug-likeness (QED) is 0.737. The highest BCUT2D eigenvalue weighted by molar-refractivity contribution is 6.03. The molecule has 6 nitrogen and oxygen atoms in total. The third-order valence-corrected chi connectivity index (χ3v) is 5.02. The van der Waals surface area contributed by atoms with Gasteiger partial charge in [0.2, 0.25) is 5.95 Å². The molecule has 6 heteroatoms. The van der Waals surface area contributed by atoms with Crippen molar-refractivity contribution in [3.05, 3.63) is 42.2 Å². The highest BCUT2D eigenvalue weighted by Crippen LogP contribution is 2.22. The molecule has 0 spiro atoms. The Bertz CT molecular complexity index is 733. The van der Waals surface area contributed by atoms with E-state index in [1.54, 1.807) is 12.4 Å². The molecule has 1 amide bonds. The van der Waals surface area contributed by atoms with Crippen LogP contribution in [0.1, 0.15) is 56.3 Å². The fraction of sp³-hybridized carbons (Fsp3) is 0.500. The third-order valence-electron chi connectivity index (χ3n) is 5.02. The lowest BCUT2D eigenvalue weighted by Crippen LogP contribution is -2.29. The second kappa shape index (κ2) is 10.1. The van der Waals surface area contributed by atoms with Crippen molar-refractivity contribution in [2.45, 2.75) is 46.0 Å². The molecule has 1 aliphatic heterocycles. The van der Waals surface area contributed by atoms with Crippen LogP contribution in [0, 0.1) is 0 Å². The molecule has 1 aromatic carbocycles. The normalized spacial score (nSPS) is 14.0. The Morgan fingerprint density at radius 2 is 1.61 bits per heavy atom. The maximum atomic E-state index is 12.5. The Balaban J connectivity index is 1.61. The van der Waals surface area contributed by atoms with E-state index >= 15 is 0 Å². The number of carbonyl (C=O) groups excluding carboxylic acids is 1.